The quantitative estimate of drug-likeness (QED) is 0.137. The van der Waals surface area contributed by atoms with Gasteiger partial charge in [-0.05, 0) is 133 Å². The monoisotopic (exact) mass is 636 g/mol. The smallest absolute Gasteiger partial charge is 0.185 e. The summed E-state index contributed by atoms with van der Waals surface area (Å²) in [7, 11) is -2.34. The van der Waals surface area contributed by atoms with Crippen molar-refractivity contribution in [2.75, 3.05) is 20.8 Å². The lowest BCUT2D eigenvalue weighted by molar-refractivity contribution is -0.142. The molecule has 0 heterocycles. The van der Waals surface area contributed by atoms with Crippen molar-refractivity contribution in [3.05, 3.63) is 11.6 Å². The van der Waals surface area contributed by atoms with Crippen molar-refractivity contribution in [1.29, 1.82) is 0 Å². The fraction of sp³-hybridized carbons (Fsp3) is 0.875. The summed E-state index contributed by atoms with van der Waals surface area (Å²) in [6.07, 6.45) is 9.97. The van der Waals surface area contributed by atoms with Gasteiger partial charge in [0.1, 0.15) is 25.5 Å². The van der Waals surface area contributed by atoms with Crippen LogP contribution in [0.25, 0.3) is 0 Å². The van der Waals surface area contributed by atoms with Crippen LogP contribution in [0.15, 0.2) is 22.0 Å². The number of allylic oxidation sites excluding steroid dienone is 2. The molecule has 0 unspecified atom stereocenters. The standard InChI is InChI=1S/C32H60N2O5Si3/c1-30-18-16-24(33-35-3)20-23(30)14-15-25-26-17-19-32(39-42(11,12)13,28(34-36-4)22-37-40(5,6)7)31(26,2)21-27(29(25)30)38-41(8,9)10/h20,25-27,29H,14-19,21-22H2,1-13H3/b33-24+,34-28+/t25-,26-,27-,29+,30-,31-,32-/m0/s1. The summed E-state index contributed by atoms with van der Waals surface area (Å²) < 4.78 is 21.3. The first-order valence-electron chi connectivity index (χ1n) is 16.2. The highest BCUT2D eigenvalue weighted by molar-refractivity contribution is 6.70. The molecule has 10 heteroatoms. The highest BCUT2D eigenvalue weighted by atomic mass is 28.4. The van der Waals surface area contributed by atoms with Crippen LogP contribution >= 0.6 is 0 Å². The van der Waals surface area contributed by atoms with Crippen molar-refractivity contribution < 1.29 is 23.0 Å². The molecule has 0 aromatic carbocycles. The first-order chi connectivity index (χ1) is 19.3. The number of nitrogens with zero attached hydrogens (tertiary/aromatic N) is 2. The van der Waals surface area contributed by atoms with Gasteiger partial charge in [0, 0.05) is 11.5 Å². The fourth-order valence-electron chi connectivity index (χ4n) is 9.24. The highest BCUT2D eigenvalue weighted by Gasteiger charge is 2.69. The molecule has 7 atom stereocenters. The Morgan fingerprint density at radius 3 is 2.14 bits per heavy atom. The second kappa shape index (κ2) is 11.9. The second-order valence-corrected chi connectivity index (χ2v) is 30.2. The van der Waals surface area contributed by atoms with Gasteiger partial charge in [-0.1, -0.05) is 29.7 Å². The van der Waals surface area contributed by atoms with Crippen LogP contribution in [-0.4, -0.2) is 68.9 Å². The first kappa shape index (κ1) is 34.1. The number of hydrogen-bond donors (Lipinski definition) is 0. The lowest BCUT2D eigenvalue weighted by atomic mass is 9.45. The number of fused-ring (bicyclic) bond motifs is 5. The molecule has 4 aliphatic carbocycles. The van der Waals surface area contributed by atoms with Crippen molar-refractivity contribution in [2.45, 2.75) is 129 Å². The Morgan fingerprint density at radius 2 is 1.57 bits per heavy atom. The van der Waals surface area contributed by atoms with Crippen molar-refractivity contribution in [1.82, 2.24) is 0 Å². The fourth-order valence-corrected chi connectivity index (χ4v) is 12.4. The minimum atomic E-state index is -2.00. The van der Waals surface area contributed by atoms with Gasteiger partial charge in [0.25, 0.3) is 0 Å². The molecule has 0 aromatic heterocycles. The van der Waals surface area contributed by atoms with Crippen molar-refractivity contribution >= 4 is 36.4 Å². The Morgan fingerprint density at radius 1 is 0.881 bits per heavy atom. The van der Waals surface area contributed by atoms with Crippen LogP contribution in [0.2, 0.25) is 58.9 Å². The van der Waals surface area contributed by atoms with Gasteiger partial charge in [0.05, 0.1) is 12.3 Å². The highest BCUT2D eigenvalue weighted by Crippen LogP contribution is 2.69. The zero-order valence-electron chi connectivity index (χ0n) is 29.0. The minimum Gasteiger partial charge on any atom is -0.414 e. The maximum absolute atomic E-state index is 7.45. The minimum absolute atomic E-state index is 0.108. The summed E-state index contributed by atoms with van der Waals surface area (Å²) in [5, 5.41) is 9.10. The molecule has 0 saturated heterocycles. The Bertz CT molecular complexity index is 1090. The van der Waals surface area contributed by atoms with Crippen molar-refractivity contribution in [2.24, 2.45) is 38.9 Å². The summed E-state index contributed by atoms with van der Waals surface area (Å²) in [5.74, 6) is 1.58. The molecule has 0 spiro atoms. The Kier molecular flexibility index (Phi) is 9.62. The van der Waals surface area contributed by atoms with Gasteiger partial charge in [-0.2, -0.15) is 0 Å². The predicted molar refractivity (Wildman–Crippen MR) is 181 cm³/mol. The zero-order chi connectivity index (χ0) is 31.4. The van der Waals surface area contributed by atoms with E-state index in [2.05, 4.69) is 84.0 Å². The molecule has 0 N–H and O–H groups in total. The number of rotatable bonds is 10. The molecule has 240 valence electrons. The zero-order valence-corrected chi connectivity index (χ0v) is 32.0. The number of hydrogen-bond acceptors (Lipinski definition) is 7. The van der Waals surface area contributed by atoms with Crippen LogP contribution in [0.1, 0.15) is 58.8 Å². The van der Waals surface area contributed by atoms with Gasteiger partial charge >= 0.3 is 0 Å². The molecular weight excluding hydrogens is 577 g/mol. The molecule has 0 aromatic rings. The molecule has 42 heavy (non-hydrogen) atoms. The average molecular weight is 637 g/mol. The molecule has 0 bridgehead atoms. The molecule has 0 radical (unpaired) electrons. The van der Waals surface area contributed by atoms with Crippen molar-refractivity contribution in [3.63, 3.8) is 0 Å². The third-order valence-electron chi connectivity index (χ3n) is 10.5. The molecule has 4 rings (SSSR count). The van der Waals surface area contributed by atoms with Gasteiger partial charge in [-0.25, -0.2) is 0 Å². The largest absolute Gasteiger partial charge is 0.414 e. The van der Waals surface area contributed by atoms with E-state index in [1.165, 1.54) is 6.42 Å². The third kappa shape index (κ3) is 6.59. The maximum Gasteiger partial charge on any atom is 0.185 e. The Balaban J connectivity index is 1.85. The Hall–Kier alpha value is -0.789. The predicted octanol–water partition coefficient (Wildman–Crippen LogP) is 8.23. The molecule has 3 saturated carbocycles. The lowest BCUT2D eigenvalue weighted by Gasteiger charge is -2.63. The Labute approximate surface area is 259 Å². The SMILES string of the molecule is CO/N=C1/C=C2CC[C@@H]3[C@H]([C@@H](O[Si](C)(C)C)C[C@@]4(C)[C@H]3CC[C@]4(O[Si](C)(C)C)/C(CO[Si](C)(C)C)=N/OC)[C@@]2(C)CC1. The third-order valence-corrected chi connectivity index (χ3v) is 13.5. The second-order valence-electron chi connectivity index (χ2n) is 16.8. The van der Waals surface area contributed by atoms with E-state index in [9.17, 15) is 0 Å². The van der Waals surface area contributed by atoms with Crippen LogP contribution < -0.4 is 0 Å². The topological polar surface area (TPSA) is 70.9 Å². The molecule has 4 aliphatic rings. The molecular formula is C32H60N2O5Si3. The van der Waals surface area contributed by atoms with Crippen LogP contribution in [0.4, 0.5) is 0 Å². The van der Waals surface area contributed by atoms with E-state index in [4.69, 9.17) is 28.1 Å². The van der Waals surface area contributed by atoms with Crippen LogP contribution in [0, 0.1) is 28.6 Å². The van der Waals surface area contributed by atoms with E-state index in [-0.39, 0.29) is 16.9 Å². The lowest BCUT2D eigenvalue weighted by Crippen LogP contribution is -2.65. The van der Waals surface area contributed by atoms with Crippen LogP contribution in [0.3, 0.4) is 0 Å². The normalized spacial score (nSPS) is 38.5. The van der Waals surface area contributed by atoms with E-state index >= 15 is 0 Å². The van der Waals surface area contributed by atoms with Gasteiger partial charge in [0.15, 0.2) is 25.0 Å². The average Bonchev–Trinajstić information content (AvgIpc) is 3.11. The number of oxime groups is 2. The van der Waals surface area contributed by atoms with Gasteiger partial charge < -0.3 is 23.0 Å². The van der Waals surface area contributed by atoms with E-state index in [1.54, 1.807) is 19.8 Å². The maximum atomic E-state index is 7.45. The molecule has 3 fully saturated rings. The summed E-state index contributed by atoms with van der Waals surface area (Å²) >= 11 is 0. The van der Waals surface area contributed by atoms with Gasteiger partial charge in [-0.3, -0.25) is 0 Å². The summed E-state index contributed by atoms with van der Waals surface area (Å²) in [6, 6.07) is 0. The van der Waals surface area contributed by atoms with E-state index in [1.807, 2.05) is 0 Å². The van der Waals surface area contributed by atoms with Gasteiger partial charge in [-0.15, -0.1) is 0 Å². The van der Waals surface area contributed by atoms with Crippen molar-refractivity contribution in [3.8, 4) is 0 Å². The first-order valence-corrected chi connectivity index (χ1v) is 26.4. The summed E-state index contributed by atoms with van der Waals surface area (Å²) in [6.45, 7) is 26.2. The summed E-state index contributed by atoms with van der Waals surface area (Å²) in [4.78, 5) is 10.8. The van der Waals surface area contributed by atoms with Crippen LogP contribution in [0.5, 0.6) is 0 Å². The summed E-state index contributed by atoms with van der Waals surface area (Å²) in [5.41, 5.74) is 3.03. The molecule has 0 aliphatic heterocycles. The van der Waals surface area contributed by atoms with E-state index in [0.29, 0.717) is 24.4 Å². The van der Waals surface area contributed by atoms with Gasteiger partial charge in [0.2, 0.25) is 0 Å². The van der Waals surface area contributed by atoms with Crippen LogP contribution in [-0.2, 0) is 23.0 Å². The molecule has 7 nitrogen and oxygen atoms in total. The van der Waals surface area contributed by atoms with E-state index in [0.717, 1.165) is 49.9 Å². The molecule has 0 amide bonds. The van der Waals surface area contributed by atoms with E-state index < -0.39 is 30.6 Å².